The maximum Gasteiger partial charge on any atom is 0.251 e. The second-order valence-electron chi connectivity index (χ2n) is 4.82. The Labute approximate surface area is 107 Å². The Balaban J connectivity index is 2.80. The molecule has 94 valence electrons. The number of anilines is 1. The number of rotatable bonds is 4. The summed E-state index contributed by atoms with van der Waals surface area (Å²) in [6.07, 6.45) is 1.96. The van der Waals surface area contributed by atoms with Crippen LogP contribution in [-0.2, 0) is 0 Å². The molecular weight excluding hydrogens is 236 g/mol. The van der Waals surface area contributed by atoms with Gasteiger partial charge in [-0.15, -0.1) is 0 Å². The van der Waals surface area contributed by atoms with Crippen molar-refractivity contribution >= 4 is 23.2 Å². The van der Waals surface area contributed by atoms with Crippen LogP contribution < -0.4 is 11.1 Å². The normalized spacial score (nSPS) is 11.3. The van der Waals surface area contributed by atoms with Crippen molar-refractivity contribution in [3.63, 3.8) is 0 Å². The topological polar surface area (TPSA) is 55.1 Å². The zero-order valence-corrected chi connectivity index (χ0v) is 11.3. The largest absolute Gasteiger partial charge is 0.398 e. The second kappa shape index (κ2) is 5.41. The van der Waals surface area contributed by atoms with Crippen LogP contribution in [0.1, 0.15) is 44.0 Å². The van der Waals surface area contributed by atoms with Crippen molar-refractivity contribution in [3.8, 4) is 0 Å². The molecule has 4 heteroatoms. The van der Waals surface area contributed by atoms with E-state index in [1.54, 1.807) is 18.2 Å². The minimum atomic E-state index is -0.209. The highest BCUT2D eigenvalue weighted by molar-refractivity contribution is 6.33. The molecule has 0 saturated heterocycles. The minimum Gasteiger partial charge on any atom is -0.398 e. The van der Waals surface area contributed by atoms with Gasteiger partial charge in [-0.3, -0.25) is 4.79 Å². The van der Waals surface area contributed by atoms with Gasteiger partial charge < -0.3 is 11.1 Å². The van der Waals surface area contributed by atoms with E-state index in [-0.39, 0.29) is 11.4 Å². The summed E-state index contributed by atoms with van der Waals surface area (Å²) in [5.41, 5.74) is 6.41. The smallest absolute Gasteiger partial charge is 0.251 e. The molecular formula is C13H19ClN2O. The SMILES string of the molecule is CCCC(C)(C)NC(=O)c1ccc(N)c(Cl)c1. The average molecular weight is 255 g/mol. The molecule has 0 heterocycles. The van der Waals surface area contributed by atoms with Crippen LogP contribution in [0.2, 0.25) is 5.02 Å². The highest BCUT2D eigenvalue weighted by atomic mass is 35.5. The fraction of sp³-hybridized carbons (Fsp3) is 0.462. The number of hydrogen-bond donors (Lipinski definition) is 2. The summed E-state index contributed by atoms with van der Waals surface area (Å²) in [6, 6.07) is 4.91. The Hall–Kier alpha value is -1.22. The maximum absolute atomic E-state index is 12.0. The molecule has 0 bridgehead atoms. The van der Waals surface area contributed by atoms with E-state index in [1.807, 2.05) is 13.8 Å². The highest BCUT2D eigenvalue weighted by Gasteiger charge is 2.20. The third kappa shape index (κ3) is 3.93. The summed E-state index contributed by atoms with van der Waals surface area (Å²) in [6.45, 7) is 6.11. The molecule has 1 aromatic rings. The maximum atomic E-state index is 12.0. The predicted molar refractivity (Wildman–Crippen MR) is 72.3 cm³/mol. The summed E-state index contributed by atoms with van der Waals surface area (Å²) in [5.74, 6) is -0.120. The molecule has 0 aromatic heterocycles. The van der Waals surface area contributed by atoms with Crippen molar-refractivity contribution in [3.05, 3.63) is 28.8 Å². The standard InChI is InChI=1S/C13H19ClN2O/c1-4-7-13(2,3)16-12(17)9-5-6-11(15)10(14)8-9/h5-6,8H,4,7,15H2,1-3H3,(H,16,17). The van der Waals surface area contributed by atoms with Crippen molar-refractivity contribution in [1.29, 1.82) is 0 Å². The first-order valence-electron chi connectivity index (χ1n) is 5.73. The van der Waals surface area contributed by atoms with Gasteiger partial charge in [-0.25, -0.2) is 0 Å². The van der Waals surface area contributed by atoms with Crippen LogP contribution in [0.15, 0.2) is 18.2 Å². The van der Waals surface area contributed by atoms with E-state index in [1.165, 1.54) is 0 Å². The number of benzene rings is 1. The van der Waals surface area contributed by atoms with Crippen LogP contribution in [0.4, 0.5) is 5.69 Å². The summed E-state index contributed by atoms with van der Waals surface area (Å²) in [7, 11) is 0. The number of halogens is 1. The fourth-order valence-electron chi connectivity index (χ4n) is 1.74. The van der Waals surface area contributed by atoms with Gasteiger partial charge in [0.25, 0.3) is 5.91 Å². The molecule has 3 nitrogen and oxygen atoms in total. The summed E-state index contributed by atoms with van der Waals surface area (Å²) in [5, 5.41) is 3.39. The van der Waals surface area contributed by atoms with Crippen molar-refractivity contribution in [1.82, 2.24) is 5.32 Å². The van der Waals surface area contributed by atoms with E-state index in [9.17, 15) is 4.79 Å². The monoisotopic (exact) mass is 254 g/mol. The molecule has 3 N–H and O–H groups in total. The van der Waals surface area contributed by atoms with Gasteiger partial charge >= 0.3 is 0 Å². The molecule has 1 rings (SSSR count). The molecule has 0 aliphatic carbocycles. The first-order chi connectivity index (χ1) is 7.85. The zero-order valence-electron chi connectivity index (χ0n) is 10.5. The van der Waals surface area contributed by atoms with Gasteiger partial charge in [0.2, 0.25) is 0 Å². The summed E-state index contributed by atoms with van der Waals surface area (Å²) < 4.78 is 0. The van der Waals surface area contributed by atoms with E-state index in [0.717, 1.165) is 12.8 Å². The Morgan fingerprint density at radius 1 is 1.47 bits per heavy atom. The Morgan fingerprint density at radius 3 is 2.65 bits per heavy atom. The number of nitrogens with two attached hydrogens (primary N) is 1. The van der Waals surface area contributed by atoms with Crippen molar-refractivity contribution < 1.29 is 4.79 Å². The molecule has 0 saturated carbocycles. The van der Waals surface area contributed by atoms with Gasteiger partial charge in [0, 0.05) is 11.1 Å². The van der Waals surface area contributed by atoms with Crippen molar-refractivity contribution in [2.24, 2.45) is 0 Å². The number of carbonyl (C=O) groups is 1. The number of amides is 1. The van der Waals surface area contributed by atoms with Crippen LogP contribution in [0.25, 0.3) is 0 Å². The quantitative estimate of drug-likeness (QED) is 0.811. The van der Waals surface area contributed by atoms with E-state index in [4.69, 9.17) is 17.3 Å². The molecule has 0 radical (unpaired) electrons. The van der Waals surface area contributed by atoms with Crippen LogP contribution in [-0.4, -0.2) is 11.4 Å². The molecule has 0 aliphatic rings. The lowest BCUT2D eigenvalue weighted by molar-refractivity contribution is 0.0909. The third-order valence-corrected chi connectivity index (χ3v) is 2.92. The van der Waals surface area contributed by atoms with Crippen molar-refractivity contribution in [2.75, 3.05) is 5.73 Å². The molecule has 0 spiro atoms. The zero-order chi connectivity index (χ0) is 13.1. The van der Waals surface area contributed by atoms with Gasteiger partial charge in [-0.2, -0.15) is 0 Å². The molecule has 0 atom stereocenters. The number of carbonyl (C=O) groups excluding carboxylic acids is 1. The second-order valence-corrected chi connectivity index (χ2v) is 5.23. The first kappa shape index (κ1) is 13.8. The lowest BCUT2D eigenvalue weighted by atomic mass is 9.98. The van der Waals surface area contributed by atoms with E-state index >= 15 is 0 Å². The summed E-state index contributed by atoms with van der Waals surface area (Å²) in [4.78, 5) is 12.0. The molecule has 1 amide bonds. The molecule has 17 heavy (non-hydrogen) atoms. The average Bonchev–Trinajstić information content (AvgIpc) is 2.21. The molecule has 0 fully saturated rings. The summed E-state index contributed by atoms with van der Waals surface area (Å²) >= 11 is 5.89. The minimum absolute atomic E-state index is 0.120. The van der Waals surface area contributed by atoms with E-state index in [2.05, 4.69) is 12.2 Å². The van der Waals surface area contributed by atoms with E-state index in [0.29, 0.717) is 16.3 Å². The van der Waals surface area contributed by atoms with Gasteiger partial charge in [0.05, 0.1) is 10.7 Å². The predicted octanol–water partition coefficient (Wildman–Crippen LogP) is 3.23. The van der Waals surface area contributed by atoms with Crippen LogP contribution in [0.3, 0.4) is 0 Å². The fourth-order valence-corrected chi connectivity index (χ4v) is 1.92. The van der Waals surface area contributed by atoms with Crippen LogP contribution in [0, 0.1) is 0 Å². The Kier molecular flexibility index (Phi) is 4.40. The molecule has 0 aliphatic heterocycles. The lowest BCUT2D eigenvalue weighted by Gasteiger charge is -2.25. The van der Waals surface area contributed by atoms with Gasteiger partial charge in [0.15, 0.2) is 0 Å². The number of hydrogen-bond acceptors (Lipinski definition) is 2. The first-order valence-corrected chi connectivity index (χ1v) is 6.11. The highest BCUT2D eigenvalue weighted by Crippen LogP contribution is 2.20. The lowest BCUT2D eigenvalue weighted by Crippen LogP contribution is -2.43. The number of nitrogen functional groups attached to an aromatic ring is 1. The van der Waals surface area contributed by atoms with Crippen LogP contribution in [0.5, 0.6) is 0 Å². The van der Waals surface area contributed by atoms with E-state index < -0.39 is 0 Å². The molecule has 1 aromatic carbocycles. The third-order valence-electron chi connectivity index (χ3n) is 2.59. The van der Waals surface area contributed by atoms with Crippen LogP contribution >= 0.6 is 11.6 Å². The van der Waals surface area contributed by atoms with Gasteiger partial charge in [0.1, 0.15) is 0 Å². The number of nitrogens with one attached hydrogen (secondary N) is 1. The Morgan fingerprint density at radius 2 is 2.12 bits per heavy atom. The van der Waals surface area contributed by atoms with Gasteiger partial charge in [-0.1, -0.05) is 24.9 Å². The Bertz CT molecular complexity index is 416. The van der Waals surface area contributed by atoms with Crippen molar-refractivity contribution in [2.45, 2.75) is 39.2 Å². The van der Waals surface area contributed by atoms with Gasteiger partial charge in [-0.05, 0) is 38.5 Å². The molecule has 0 unspecified atom stereocenters.